The van der Waals surface area contributed by atoms with Gasteiger partial charge in [0.15, 0.2) is 0 Å². The summed E-state index contributed by atoms with van der Waals surface area (Å²) in [5.74, 6) is 0.00912. The first-order valence-corrected chi connectivity index (χ1v) is 4.28. The number of hydrogen-bond acceptors (Lipinski definition) is 3. The van der Waals surface area contributed by atoms with E-state index in [1.807, 2.05) is 27.7 Å². The highest BCUT2D eigenvalue weighted by Gasteiger charge is 2.56. The van der Waals surface area contributed by atoms with Crippen LogP contribution in [-0.4, -0.2) is 17.1 Å². The van der Waals surface area contributed by atoms with Crippen LogP contribution in [0.2, 0.25) is 0 Å². The van der Waals surface area contributed by atoms with Gasteiger partial charge in [0, 0.05) is 0 Å². The summed E-state index contributed by atoms with van der Waals surface area (Å²) in [6.07, 6.45) is 0.752. The first-order chi connectivity index (χ1) is 5.26. The van der Waals surface area contributed by atoms with Crippen molar-refractivity contribution in [3.63, 3.8) is 0 Å². The SMILES string of the molecule is C[C@H]1C[C@@]1(N)C(=O)OC(C)(C)C. The summed E-state index contributed by atoms with van der Waals surface area (Å²) in [4.78, 5) is 11.4. The summed E-state index contributed by atoms with van der Waals surface area (Å²) in [7, 11) is 0. The summed E-state index contributed by atoms with van der Waals surface area (Å²) >= 11 is 0. The molecule has 0 aromatic rings. The zero-order valence-electron chi connectivity index (χ0n) is 8.18. The van der Waals surface area contributed by atoms with E-state index in [9.17, 15) is 4.79 Å². The molecule has 12 heavy (non-hydrogen) atoms. The molecule has 1 fully saturated rings. The van der Waals surface area contributed by atoms with Crippen LogP contribution in [-0.2, 0) is 9.53 Å². The van der Waals surface area contributed by atoms with Gasteiger partial charge in [0.2, 0.25) is 0 Å². The van der Waals surface area contributed by atoms with Crippen molar-refractivity contribution in [1.82, 2.24) is 0 Å². The predicted molar refractivity (Wildman–Crippen MR) is 46.5 cm³/mol. The van der Waals surface area contributed by atoms with Crippen LogP contribution in [0.15, 0.2) is 0 Å². The van der Waals surface area contributed by atoms with E-state index in [0.717, 1.165) is 6.42 Å². The van der Waals surface area contributed by atoms with Gasteiger partial charge in [-0.15, -0.1) is 0 Å². The molecule has 0 unspecified atom stereocenters. The lowest BCUT2D eigenvalue weighted by molar-refractivity contribution is -0.158. The molecule has 0 aromatic heterocycles. The molecule has 1 aliphatic carbocycles. The minimum absolute atomic E-state index is 0.262. The van der Waals surface area contributed by atoms with Crippen LogP contribution in [0.3, 0.4) is 0 Å². The standard InChI is InChI=1S/C9H17NO2/c1-6-5-9(6,10)7(11)12-8(2,3)4/h6H,5,10H2,1-4H3/t6-,9-/m0/s1. The van der Waals surface area contributed by atoms with Gasteiger partial charge in [-0.2, -0.15) is 0 Å². The van der Waals surface area contributed by atoms with Crippen LogP contribution < -0.4 is 5.73 Å². The Morgan fingerprint density at radius 3 is 2.25 bits per heavy atom. The molecule has 70 valence electrons. The van der Waals surface area contributed by atoms with E-state index < -0.39 is 11.1 Å². The first-order valence-electron chi connectivity index (χ1n) is 4.28. The van der Waals surface area contributed by atoms with Crippen molar-refractivity contribution in [3.8, 4) is 0 Å². The van der Waals surface area contributed by atoms with Gasteiger partial charge >= 0.3 is 5.97 Å². The van der Waals surface area contributed by atoms with Gasteiger partial charge in [-0.1, -0.05) is 6.92 Å². The summed E-state index contributed by atoms with van der Waals surface area (Å²) in [6, 6.07) is 0. The molecule has 1 aliphatic rings. The number of esters is 1. The van der Waals surface area contributed by atoms with E-state index in [1.54, 1.807) is 0 Å². The smallest absolute Gasteiger partial charge is 0.326 e. The highest BCUT2D eigenvalue weighted by atomic mass is 16.6. The second-order valence-electron chi connectivity index (χ2n) is 4.65. The lowest BCUT2D eigenvalue weighted by Gasteiger charge is -2.22. The predicted octanol–water partition coefficient (Wildman–Crippen LogP) is 1.07. The summed E-state index contributed by atoms with van der Waals surface area (Å²) in [5.41, 5.74) is 4.65. The fourth-order valence-electron chi connectivity index (χ4n) is 1.11. The van der Waals surface area contributed by atoms with Crippen molar-refractivity contribution < 1.29 is 9.53 Å². The van der Waals surface area contributed by atoms with Crippen molar-refractivity contribution in [2.45, 2.75) is 45.3 Å². The molecule has 0 radical (unpaired) electrons. The van der Waals surface area contributed by atoms with Crippen molar-refractivity contribution in [1.29, 1.82) is 0 Å². The third-order valence-electron chi connectivity index (χ3n) is 2.14. The maximum Gasteiger partial charge on any atom is 0.326 e. The monoisotopic (exact) mass is 171 g/mol. The first kappa shape index (κ1) is 9.52. The third kappa shape index (κ3) is 1.78. The van der Waals surface area contributed by atoms with Crippen LogP contribution in [0.1, 0.15) is 34.1 Å². The van der Waals surface area contributed by atoms with Gasteiger partial charge in [0.05, 0.1) is 0 Å². The van der Waals surface area contributed by atoms with Crippen molar-refractivity contribution in [3.05, 3.63) is 0 Å². The van der Waals surface area contributed by atoms with Crippen LogP contribution in [0.25, 0.3) is 0 Å². The van der Waals surface area contributed by atoms with Crippen LogP contribution >= 0.6 is 0 Å². The van der Waals surface area contributed by atoms with E-state index in [0.29, 0.717) is 0 Å². The van der Waals surface area contributed by atoms with Gasteiger partial charge in [-0.05, 0) is 33.1 Å². The minimum atomic E-state index is -0.687. The summed E-state index contributed by atoms with van der Waals surface area (Å²) in [5, 5.41) is 0. The van der Waals surface area contributed by atoms with Crippen molar-refractivity contribution >= 4 is 5.97 Å². The van der Waals surface area contributed by atoms with Crippen LogP contribution in [0.5, 0.6) is 0 Å². The number of ether oxygens (including phenoxy) is 1. The molecule has 1 saturated carbocycles. The largest absolute Gasteiger partial charge is 0.459 e. The minimum Gasteiger partial charge on any atom is -0.459 e. The molecule has 0 aliphatic heterocycles. The average molecular weight is 171 g/mol. The Hall–Kier alpha value is -0.570. The second kappa shape index (κ2) is 2.46. The molecule has 0 bridgehead atoms. The van der Waals surface area contributed by atoms with Gasteiger partial charge in [0.25, 0.3) is 0 Å². The molecule has 3 heteroatoms. The Labute approximate surface area is 73.3 Å². The molecule has 1 rings (SSSR count). The Morgan fingerprint density at radius 1 is 1.58 bits per heavy atom. The fourth-order valence-corrected chi connectivity index (χ4v) is 1.11. The highest BCUT2D eigenvalue weighted by Crippen LogP contribution is 2.41. The molecular weight excluding hydrogens is 154 g/mol. The molecule has 0 spiro atoms. The Morgan fingerprint density at radius 2 is 2.00 bits per heavy atom. The van der Waals surface area contributed by atoms with Crippen LogP contribution in [0, 0.1) is 5.92 Å². The number of carbonyl (C=O) groups is 1. The fraction of sp³-hybridized carbons (Fsp3) is 0.889. The summed E-state index contributed by atoms with van der Waals surface area (Å²) in [6.45, 7) is 7.51. The van der Waals surface area contributed by atoms with E-state index >= 15 is 0 Å². The zero-order chi connectivity index (χ0) is 9.57. The Kier molecular flexibility index (Phi) is 1.95. The Balaban J connectivity index is 2.51. The van der Waals surface area contributed by atoms with E-state index in [-0.39, 0.29) is 11.9 Å². The van der Waals surface area contributed by atoms with Gasteiger partial charge in [0.1, 0.15) is 11.1 Å². The molecule has 2 atom stereocenters. The molecular formula is C9H17NO2. The number of hydrogen-bond donors (Lipinski definition) is 1. The highest BCUT2D eigenvalue weighted by molar-refractivity contribution is 5.84. The lowest BCUT2D eigenvalue weighted by Crippen LogP contribution is -2.40. The van der Waals surface area contributed by atoms with Crippen molar-refractivity contribution in [2.75, 3.05) is 0 Å². The molecule has 0 amide bonds. The molecule has 0 saturated heterocycles. The third-order valence-corrected chi connectivity index (χ3v) is 2.14. The van der Waals surface area contributed by atoms with Gasteiger partial charge in [-0.25, -0.2) is 0 Å². The summed E-state index contributed by atoms with van der Waals surface area (Å²) < 4.78 is 5.17. The topological polar surface area (TPSA) is 52.3 Å². The quantitative estimate of drug-likeness (QED) is 0.600. The second-order valence-corrected chi connectivity index (χ2v) is 4.65. The number of rotatable bonds is 1. The maximum absolute atomic E-state index is 11.4. The number of nitrogens with two attached hydrogens (primary N) is 1. The van der Waals surface area contributed by atoms with Crippen molar-refractivity contribution in [2.24, 2.45) is 11.7 Å². The normalized spacial score (nSPS) is 34.6. The Bertz CT molecular complexity index is 207. The van der Waals surface area contributed by atoms with E-state index in [4.69, 9.17) is 10.5 Å². The molecule has 2 N–H and O–H groups in total. The number of carbonyl (C=O) groups excluding carboxylic acids is 1. The lowest BCUT2D eigenvalue weighted by atomic mass is 10.1. The van der Waals surface area contributed by atoms with Gasteiger partial charge in [-0.3, -0.25) is 4.79 Å². The maximum atomic E-state index is 11.4. The van der Waals surface area contributed by atoms with E-state index in [2.05, 4.69) is 0 Å². The van der Waals surface area contributed by atoms with E-state index in [1.165, 1.54) is 0 Å². The molecule has 3 nitrogen and oxygen atoms in total. The van der Waals surface area contributed by atoms with Gasteiger partial charge < -0.3 is 10.5 Å². The molecule has 0 heterocycles. The van der Waals surface area contributed by atoms with Crippen LogP contribution in [0.4, 0.5) is 0 Å². The zero-order valence-corrected chi connectivity index (χ0v) is 8.18. The average Bonchev–Trinajstić information content (AvgIpc) is 2.37. The molecule has 0 aromatic carbocycles.